The van der Waals surface area contributed by atoms with Gasteiger partial charge in [-0.1, -0.05) is 13.0 Å². The highest BCUT2D eigenvalue weighted by atomic mass is 16.5. The van der Waals surface area contributed by atoms with Gasteiger partial charge in [-0.2, -0.15) is 0 Å². The average molecular weight is 198 g/mol. The molecule has 0 spiro atoms. The van der Waals surface area contributed by atoms with Crippen LogP contribution in [0.2, 0.25) is 0 Å². The van der Waals surface area contributed by atoms with Gasteiger partial charge in [0.15, 0.2) is 0 Å². The third kappa shape index (κ3) is 5.82. The standard InChI is InChI=1S/C5H6N2O.C4H8O2/c6-5-3-1-2-4-7(5)8;1-2-3-4(5)6/h1-4H,6H2;2-3H2,1H3,(H,5,6). The fourth-order valence-corrected chi connectivity index (χ4v) is 0.655. The van der Waals surface area contributed by atoms with E-state index >= 15 is 0 Å². The first-order valence-electron chi connectivity index (χ1n) is 4.23. The number of aromatic nitrogens is 1. The summed E-state index contributed by atoms with van der Waals surface area (Å²) >= 11 is 0. The molecule has 0 aliphatic carbocycles. The van der Waals surface area contributed by atoms with Crippen LogP contribution in [0.3, 0.4) is 0 Å². The summed E-state index contributed by atoms with van der Waals surface area (Å²) in [5.74, 6) is -0.481. The number of aliphatic carboxylic acids is 1. The van der Waals surface area contributed by atoms with Gasteiger partial charge < -0.3 is 10.3 Å². The molecule has 1 aromatic rings. The molecule has 0 atom stereocenters. The molecule has 5 nitrogen and oxygen atoms in total. The number of rotatable bonds is 2. The van der Waals surface area contributed by atoms with E-state index in [4.69, 9.17) is 10.8 Å². The second kappa shape index (κ2) is 6.71. The van der Waals surface area contributed by atoms with Gasteiger partial charge in [-0.05, 0) is 12.5 Å². The zero-order chi connectivity index (χ0) is 11.0. The topological polar surface area (TPSA) is 90.3 Å². The van der Waals surface area contributed by atoms with Gasteiger partial charge in [0.2, 0.25) is 0 Å². The molecule has 0 aliphatic rings. The number of nitrogens with zero attached hydrogens (tertiary/aromatic N) is 1. The van der Waals surface area contributed by atoms with Gasteiger partial charge in [0.05, 0.1) is 6.20 Å². The van der Waals surface area contributed by atoms with Crippen molar-refractivity contribution in [1.29, 1.82) is 0 Å². The van der Waals surface area contributed by atoms with E-state index in [-0.39, 0.29) is 5.82 Å². The first-order chi connectivity index (χ1) is 6.57. The fourth-order valence-electron chi connectivity index (χ4n) is 0.655. The van der Waals surface area contributed by atoms with Crippen molar-refractivity contribution in [3.8, 4) is 0 Å². The molecule has 0 fully saturated rings. The van der Waals surface area contributed by atoms with Crippen molar-refractivity contribution in [2.75, 3.05) is 5.73 Å². The van der Waals surface area contributed by atoms with Crippen LogP contribution in [0.15, 0.2) is 24.4 Å². The van der Waals surface area contributed by atoms with Gasteiger partial charge >= 0.3 is 5.97 Å². The van der Waals surface area contributed by atoms with E-state index in [1.165, 1.54) is 6.20 Å². The minimum Gasteiger partial charge on any atom is -0.711 e. The molecule has 0 unspecified atom stereocenters. The molecule has 1 rings (SSSR count). The number of hydrogen-bond donors (Lipinski definition) is 2. The second-order valence-electron chi connectivity index (χ2n) is 2.60. The van der Waals surface area contributed by atoms with E-state index in [2.05, 4.69) is 0 Å². The Bertz CT molecular complexity index is 268. The summed E-state index contributed by atoms with van der Waals surface area (Å²) in [7, 11) is 0. The first kappa shape index (κ1) is 12.2. The summed E-state index contributed by atoms with van der Waals surface area (Å²) in [5, 5.41) is 18.3. The quantitative estimate of drug-likeness (QED) is 0.542. The van der Waals surface area contributed by atoms with Crippen molar-refractivity contribution in [2.45, 2.75) is 19.8 Å². The number of pyridine rings is 1. The van der Waals surface area contributed by atoms with E-state index in [0.29, 0.717) is 11.2 Å². The maximum absolute atomic E-state index is 10.4. The number of carbonyl (C=O) groups is 1. The van der Waals surface area contributed by atoms with Crippen LogP contribution >= 0.6 is 0 Å². The lowest BCUT2D eigenvalue weighted by Gasteiger charge is -2.00. The van der Waals surface area contributed by atoms with Crippen molar-refractivity contribution < 1.29 is 14.6 Å². The molecule has 0 bridgehead atoms. The third-order valence-corrected chi connectivity index (χ3v) is 1.32. The molecule has 0 radical (unpaired) electrons. The van der Waals surface area contributed by atoms with Gasteiger partial charge in [0.25, 0.3) is 5.82 Å². The van der Waals surface area contributed by atoms with Crippen LogP contribution in [-0.4, -0.2) is 11.1 Å². The van der Waals surface area contributed by atoms with Crippen molar-refractivity contribution in [1.82, 2.24) is 0 Å². The van der Waals surface area contributed by atoms with Gasteiger partial charge in [-0.25, -0.2) is 4.73 Å². The van der Waals surface area contributed by atoms with E-state index in [0.717, 1.165) is 6.42 Å². The lowest BCUT2D eigenvalue weighted by molar-refractivity contribution is -0.589. The minimum absolute atomic E-state index is 0.229. The van der Waals surface area contributed by atoms with Crippen LogP contribution < -0.4 is 10.5 Å². The summed E-state index contributed by atoms with van der Waals surface area (Å²) in [6.45, 7) is 1.84. The molecule has 1 heterocycles. The van der Waals surface area contributed by atoms with Crippen LogP contribution in [0.1, 0.15) is 19.8 Å². The molecule has 78 valence electrons. The van der Waals surface area contributed by atoms with Crippen molar-refractivity contribution in [3.63, 3.8) is 0 Å². The SMILES string of the molecule is CCCC(=O)O.Nc1cccc[n+]1[O-]. The van der Waals surface area contributed by atoms with Crippen LogP contribution in [-0.2, 0) is 4.79 Å². The van der Waals surface area contributed by atoms with Crippen LogP contribution in [0.25, 0.3) is 0 Å². The minimum atomic E-state index is -0.711. The van der Waals surface area contributed by atoms with Gasteiger partial charge in [-0.15, -0.1) is 0 Å². The Balaban J connectivity index is 0.000000255. The summed E-state index contributed by atoms with van der Waals surface area (Å²) in [4.78, 5) is 9.60. The van der Waals surface area contributed by atoms with Gasteiger partial charge in [0, 0.05) is 12.5 Å². The fraction of sp³-hybridized carbons (Fsp3) is 0.333. The lowest BCUT2D eigenvalue weighted by atomic mass is 10.4. The van der Waals surface area contributed by atoms with Crippen LogP contribution in [0.4, 0.5) is 5.82 Å². The van der Waals surface area contributed by atoms with Crippen molar-refractivity contribution in [2.24, 2.45) is 0 Å². The van der Waals surface area contributed by atoms with Gasteiger partial charge in [-0.3, -0.25) is 10.5 Å². The second-order valence-corrected chi connectivity index (χ2v) is 2.60. The summed E-state index contributed by atoms with van der Waals surface area (Å²) in [6.07, 6.45) is 2.38. The number of hydrogen-bond acceptors (Lipinski definition) is 3. The highest BCUT2D eigenvalue weighted by molar-refractivity contribution is 5.66. The highest BCUT2D eigenvalue weighted by Gasteiger charge is 1.88. The number of nitrogen functional groups attached to an aromatic ring is 1. The number of nitrogens with two attached hydrogens (primary N) is 1. The summed E-state index contributed by atoms with van der Waals surface area (Å²) in [6, 6.07) is 4.89. The van der Waals surface area contributed by atoms with Crippen LogP contribution in [0.5, 0.6) is 0 Å². The molecule has 0 saturated carbocycles. The predicted octanol–water partition coefficient (Wildman–Crippen LogP) is 0.773. The maximum atomic E-state index is 10.4. The third-order valence-electron chi connectivity index (χ3n) is 1.32. The zero-order valence-corrected chi connectivity index (χ0v) is 8.01. The highest BCUT2D eigenvalue weighted by Crippen LogP contribution is 1.87. The molecule has 0 saturated heterocycles. The van der Waals surface area contributed by atoms with Crippen molar-refractivity contribution >= 4 is 11.8 Å². The summed E-state index contributed by atoms with van der Waals surface area (Å²) in [5.41, 5.74) is 5.17. The van der Waals surface area contributed by atoms with Crippen LogP contribution in [0, 0.1) is 5.21 Å². The Labute approximate surface area is 82.4 Å². The first-order valence-corrected chi connectivity index (χ1v) is 4.23. The number of carboxylic acids is 1. The average Bonchev–Trinajstić information content (AvgIpc) is 2.11. The zero-order valence-electron chi connectivity index (χ0n) is 8.01. The monoisotopic (exact) mass is 198 g/mol. The molecule has 0 aromatic carbocycles. The Morgan fingerprint density at radius 3 is 2.50 bits per heavy atom. The maximum Gasteiger partial charge on any atom is 0.303 e. The van der Waals surface area contributed by atoms with Crippen molar-refractivity contribution in [3.05, 3.63) is 29.6 Å². The smallest absolute Gasteiger partial charge is 0.303 e. The lowest BCUT2D eigenvalue weighted by Crippen LogP contribution is -2.28. The Morgan fingerprint density at radius 2 is 2.29 bits per heavy atom. The molecule has 0 aliphatic heterocycles. The molecule has 3 N–H and O–H groups in total. The Kier molecular flexibility index (Phi) is 5.85. The molecule has 14 heavy (non-hydrogen) atoms. The Hall–Kier alpha value is -1.78. The molecule has 5 heteroatoms. The summed E-state index contributed by atoms with van der Waals surface area (Å²) < 4.78 is 0.611. The van der Waals surface area contributed by atoms with Gasteiger partial charge in [0.1, 0.15) is 0 Å². The predicted molar refractivity (Wildman–Crippen MR) is 52.4 cm³/mol. The number of anilines is 1. The molecule has 1 aromatic heterocycles. The normalized spacial score (nSPS) is 8.64. The Morgan fingerprint density at radius 1 is 1.64 bits per heavy atom. The molecule has 0 amide bonds. The van der Waals surface area contributed by atoms with E-state index in [9.17, 15) is 10.0 Å². The molecular formula is C9H14N2O3. The molecular weight excluding hydrogens is 184 g/mol. The largest absolute Gasteiger partial charge is 0.711 e. The number of carboxylic acid groups (broad SMARTS) is 1. The van der Waals surface area contributed by atoms with E-state index in [1.807, 2.05) is 6.92 Å². The van der Waals surface area contributed by atoms with E-state index < -0.39 is 5.97 Å². The van der Waals surface area contributed by atoms with E-state index in [1.54, 1.807) is 18.2 Å².